The topological polar surface area (TPSA) is 88.3 Å². The van der Waals surface area contributed by atoms with Gasteiger partial charge in [-0.3, -0.25) is 10.1 Å². The SMILES string of the molecule is CC(C)CCOCCOC/C(=C/[NH2+]c1ccc(C(=O)C(C)C)cc1)N=N. The molecule has 26 heavy (non-hydrogen) atoms. The van der Waals surface area contributed by atoms with Crippen molar-refractivity contribution in [2.24, 2.45) is 17.0 Å². The molecule has 0 bridgehead atoms. The van der Waals surface area contributed by atoms with E-state index in [-0.39, 0.29) is 18.3 Å². The normalized spacial score (nSPS) is 12.0. The summed E-state index contributed by atoms with van der Waals surface area (Å²) in [6, 6.07) is 7.42. The Labute approximate surface area is 156 Å². The molecule has 6 heteroatoms. The Bertz CT molecular complexity index is 580. The van der Waals surface area contributed by atoms with Crippen LogP contribution < -0.4 is 5.32 Å². The van der Waals surface area contributed by atoms with Crippen molar-refractivity contribution in [1.82, 2.24) is 0 Å². The highest BCUT2D eigenvalue weighted by atomic mass is 16.5. The van der Waals surface area contributed by atoms with E-state index in [2.05, 4.69) is 19.0 Å². The lowest BCUT2D eigenvalue weighted by Crippen LogP contribution is -2.71. The smallest absolute Gasteiger partial charge is 0.165 e. The first-order chi connectivity index (χ1) is 12.4. The van der Waals surface area contributed by atoms with E-state index in [1.165, 1.54) is 0 Å². The first-order valence-corrected chi connectivity index (χ1v) is 9.15. The standard InChI is InChI=1S/C20H31N3O3/c1-15(2)9-10-25-11-12-26-14-19(23-21)13-22-18-7-5-17(6-8-18)20(24)16(3)4/h5-8,13,15-16,21-22H,9-12,14H2,1-4H3/p+1/b19-13-,23-21?. The second-order valence-corrected chi connectivity index (χ2v) is 6.92. The Morgan fingerprint density at radius 2 is 1.77 bits per heavy atom. The van der Waals surface area contributed by atoms with Gasteiger partial charge in [0.05, 0.1) is 19.8 Å². The molecule has 0 aromatic heterocycles. The van der Waals surface area contributed by atoms with Gasteiger partial charge in [-0.25, -0.2) is 5.53 Å². The lowest BCUT2D eigenvalue weighted by Gasteiger charge is -2.07. The second kappa shape index (κ2) is 12.5. The van der Waals surface area contributed by atoms with Crippen LogP contribution in [0.3, 0.4) is 0 Å². The fourth-order valence-corrected chi connectivity index (χ4v) is 2.12. The van der Waals surface area contributed by atoms with E-state index in [0.29, 0.717) is 30.4 Å². The summed E-state index contributed by atoms with van der Waals surface area (Å²) in [6.07, 6.45) is 2.80. The summed E-state index contributed by atoms with van der Waals surface area (Å²) in [6.45, 7) is 10.2. The molecule has 0 fully saturated rings. The van der Waals surface area contributed by atoms with E-state index in [4.69, 9.17) is 15.0 Å². The maximum absolute atomic E-state index is 11.9. The summed E-state index contributed by atoms with van der Waals surface area (Å²) < 4.78 is 11.0. The van der Waals surface area contributed by atoms with E-state index >= 15 is 0 Å². The molecule has 0 saturated carbocycles. The van der Waals surface area contributed by atoms with Crippen LogP contribution >= 0.6 is 0 Å². The molecular formula is C20H32N3O3+. The van der Waals surface area contributed by atoms with Crippen molar-refractivity contribution in [2.45, 2.75) is 34.1 Å². The Kier molecular flexibility index (Phi) is 10.6. The van der Waals surface area contributed by atoms with Crippen LogP contribution in [0.2, 0.25) is 0 Å². The highest BCUT2D eigenvalue weighted by Gasteiger charge is 2.10. The number of ether oxygens (including phenoxy) is 2. The number of nitrogens with one attached hydrogen (secondary N) is 1. The minimum absolute atomic E-state index is 0.00931. The zero-order valence-corrected chi connectivity index (χ0v) is 16.3. The quantitative estimate of drug-likeness (QED) is 0.243. The highest BCUT2D eigenvalue weighted by Crippen LogP contribution is 2.10. The number of ketones is 1. The highest BCUT2D eigenvalue weighted by molar-refractivity contribution is 5.97. The van der Waals surface area contributed by atoms with Crippen molar-refractivity contribution in [3.8, 4) is 0 Å². The first kappa shape index (κ1) is 22.2. The van der Waals surface area contributed by atoms with Crippen LogP contribution in [0.1, 0.15) is 44.5 Å². The lowest BCUT2D eigenvalue weighted by molar-refractivity contribution is -0.497. The van der Waals surface area contributed by atoms with Crippen LogP contribution in [0.15, 0.2) is 41.3 Å². The minimum Gasteiger partial charge on any atom is -0.379 e. The number of benzene rings is 1. The third-order valence-corrected chi connectivity index (χ3v) is 3.79. The Hall–Kier alpha value is -1.89. The summed E-state index contributed by atoms with van der Waals surface area (Å²) in [7, 11) is 0. The van der Waals surface area contributed by atoms with Gasteiger partial charge in [-0.2, -0.15) is 5.11 Å². The molecule has 6 nitrogen and oxygen atoms in total. The molecule has 1 rings (SSSR count). The van der Waals surface area contributed by atoms with Crippen LogP contribution in [0.4, 0.5) is 5.69 Å². The molecule has 0 radical (unpaired) electrons. The molecule has 0 aliphatic heterocycles. The second-order valence-electron chi connectivity index (χ2n) is 6.92. The number of hydrogen-bond donors (Lipinski definition) is 2. The lowest BCUT2D eigenvalue weighted by atomic mass is 10.0. The number of quaternary nitrogens is 1. The Morgan fingerprint density at radius 1 is 1.12 bits per heavy atom. The fraction of sp³-hybridized carbons (Fsp3) is 0.550. The fourth-order valence-electron chi connectivity index (χ4n) is 2.12. The largest absolute Gasteiger partial charge is 0.379 e. The molecule has 1 aromatic rings. The average Bonchev–Trinajstić information content (AvgIpc) is 2.62. The number of hydrogen-bond acceptors (Lipinski definition) is 5. The van der Waals surface area contributed by atoms with Crippen molar-refractivity contribution in [3.63, 3.8) is 0 Å². The third kappa shape index (κ3) is 8.99. The van der Waals surface area contributed by atoms with Crippen LogP contribution in [0.5, 0.6) is 0 Å². The van der Waals surface area contributed by atoms with E-state index in [1.807, 2.05) is 43.4 Å². The van der Waals surface area contributed by atoms with Gasteiger partial charge in [0.15, 0.2) is 5.78 Å². The number of carbonyl (C=O) groups is 1. The zero-order valence-electron chi connectivity index (χ0n) is 16.3. The van der Waals surface area contributed by atoms with Gasteiger partial charge in [-0.05, 0) is 24.5 Å². The van der Waals surface area contributed by atoms with Gasteiger partial charge in [0.2, 0.25) is 0 Å². The maximum Gasteiger partial charge on any atom is 0.165 e. The summed E-state index contributed by atoms with van der Waals surface area (Å²) in [5, 5.41) is 5.35. The molecule has 1 aromatic carbocycles. The predicted octanol–water partition coefficient (Wildman–Crippen LogP) is 3.67. The number of carbonyl (C=O) groups excluding carboxylic acids is 1. The molecule has 0 amide bonds. The third-order valence-electron chi connectivity index (χ3n) is 3.79. The number of rotatable bonds is 13. The van der Waals surface area contributed by atoms with E-state index in [9.17, 15) is 4.79 Å². The number of Topliss-reactive ketones (excluding diaryl/α,β-unsaturated/α-hetero) is 1. The van der Waals surface area contributed by atoms with Gasteiger partial charge < -0.3 is 9.47 Å². The van der Waals surface area contributed by atoms with Crippen molar-refractivity contribution in [2.75, 3.05) is 26.4 Å². The van der Waals surface area contributed by atoms with E-state index in [1.54, 1.807) is 6.20 Å². The molecule has 3 N–H and O–H groups in total. The maximum atomic E-state index is 11.9. The van der Waals surface area contributed by atoms with Crippen LogP contribution in [0.25, 0.3) is 0 Å². The molecule has 0 spiro atoms. The summed E-state index contributed by atoms with van der Waals surface area (Å²) in [5.74, 6) is 0.767. The van der Waals surface area contributed by atoms with Crippen LogP contribution in [-0.2, 0) is 9.47 Å². The van der Waals surface area contributed by atoms with Crippen molar-refractivity contribution in [3.05, 3.63) is 41.7 Å². The van der Waals surface area contributed by atoms with Crippen LogP contribution in [-0.4, -0.2) is 32.2 Å². The molecule has 144 valence electrons. The van der Waals surface area contributed by atoms with E-state index < -0.39 is 0 Å². The predicted molar refractivity (Wildman–Crippen MR) is 102 cm³/mol. The first-order valence-electron chi connectivity index (χ1n) is 9.15. The molecule has 0 aliphatic rings. The molecule has 0 saturated heterocycles. The Balaban J connectivity index is 2.35. The van der Waals surface area contributed by atoms with Gasteiger partial charge in [-0.1, -0.05) is 27.7 Å². The number of nitrogens with zero attached hydrogens (tertiary/aromatic N) is 1. The van der Waals surface area contributed by atoms with Crippen molar-refractivity contribution >= 4 is 11.5 Å². The Morgan fingerprint density at radius 3 is 2.35 bits per heavy atom. The van der Waals surface area contributed by atoms with Gasteiger partial charge in [0.25, 0.3) is 0 Å². The summed E-state index contributed by atoms with van der Waals surface area (Å²) in [4.78, 5) is 11.9. The van der Waals surface area contributed by atoms with Gasteiger partial charge in [0.1, 0.15) is 17.6 Å². The molecular weight excluding hydrogens is 330 g/mol. The molecule has 0 unspecified atom stereocenters. The molecule has 0 aliphatic carbocycles. The molecule has 0 atom stereocenters. The van der Waals surface area contributed by atoms with Crippen LogP contribution in [0, 0.1) is 17.4 Å². The summed E-state index contributed by atoms with van der Waals surface area (Å²) >= 11 is 0. The van der Waals surface area contributed by atoms with Crippen molar-refractivity contribution < 1.29 is 19.6 Å². The number of nitrogens with two attached hydrogens (primary N) is 1. The monoisotopic (exact) mass is 362 g/mol. The summed E-state index contributed by atoms with van der Waals surface area (Å²) in [5.41, 5.74) is 9.44. The average molecular weight is 362 g/mol. The zero-order chi connectivity index (χ0) is 19.4. The minimum atomic E-state index is -0.00931. The molecule has 0 heterocycles. The van der Waals surface area contributed by atoms with Gasteiger partial charge in [-0.15, -0.1) is 0 Å². The van der Waals surface area contributed by atoms with Gasteiger partial charge >= 0.3 is 0 Å². The van der Waals surface area contributed by atoms with E-state index in [0.717, 1.165) is 18.7 Å². The van der Waals surface area contributed by atoms with Gasteiger partial charge in [0, 0.05) is 30.2 Å². The van der Waals surface area contributed by atoms with Crippen molar-refractivity contribution in [1.29, 1.82) is 5.53 Å².